The van der Waals surface area contributed by atoms with Gasteiger partial charge in [-0.15, -0.1) is 0 Å². The standard InChI is InChI=1S/C18H19Cl2N3O4S/c19-11-1-6-14(20)15(7-11)22-18(25)8-23(13-4-2-12(21)3-5-13)16-9-28(26,27)10-17(16)24/h1-7,16-17,24H,8-10,21H2,(H,22,25). The molecular formula is C18H19Cl2N3O4S. The first kappa shape index (κ1) is 20.7. The molecule has 0 aliphatic carbocycles. The molecule has 3 rings (SSSR count). The van der Waals surface area contributed by atoms with Gasteiger partial charge >= 0.3 is 0 Å². The predicted octanol–water partition coefficient (Wildman–Crippen LogP) is 2.18. The highest BCUT2D eigenvalue weighted by atomic mass is 35.5. The minimum Gasteiger partial charge on any atom is -0.399 e. The lowest BCUT2D eigenvalue weighted by atomic mass is 10.1. The zero-order valence-electron chi connectivity index (χ0n) is 14.7. The van der Waals surface area contributed by atoms with E-state index in [0.717, 1.165) is 0 Å². The summed E-state index contributed by atoms with van der Waals surface area (Å²) in [5, 5.41) is 13.7. The van der Waals surface area contributed by atoms with E-state index in [2.05, 4.69) is 5.32 Å². The molecular weight excluding hydrogens is 425 g/mol. The van der Waals surface area contributed by atoms with E-state index in [1.165, 1.54) is 6.07 Å². The Kier molecular flexibility index (Phi) is 6.04. The number of benzene rings is 2. The van der Waals surface area contributed by atoms with Gasteiger partial charge < -0.3 is 21.1 Å². The third-order valence-electron chi connectivity index (χ3n) is 4.44. The lowest BCUT2D eigenvalue weighted by Gasteiger charge is -2.32. The van der Waals surface area contributed by atoms with Gasteiger partial charge in [0.25, 0.3) is 0 Å². The van der Waals surface area contributed by atoms with Crippen molar-refractivity contribution in [2.24, 2.45) is 0 Å². The smallest absolute Gasteiger partial charge is 0.243 e. The fourth-order valence-electron chi connectivity index (χ4n) is 3.11. The van der Waals surface area contributed by atoms with Gasteiger partial charge in [-0.05, 0) is 42.5 Å². The van der Waals surface area contributed by atoms with Crippen molar-refractivity contribution in [2.45, 2.75) is 12.1 Å². The summed E-state index contributed by atoms with van der Waals surface area (Å²) in [5.41, 5.74) is 7.16. The van der Waals surface area contributed by atoms with Crippen molar-refractivity contribution in [3.8, 4) is 0 Å². The maximum atomic E-state index is 12.6. The number of hydrogen-bond donors (Lipinski definition) is 3. The number of carbonyl (C=O) groups excluding carboxylic acids is 1. The Morgan fingerprint density at radius 1 is 1.18 bits per heavy atom. The quantitative estimate of drug-likeness (QED) is 0.610. The van der Waals surface area contributed by atoms with Crippen LogP contribution < -0.4 is 16.0 Å². The Balaban J connectivity index is 1.85. The minimum absolute atomic E-state index is 0.190. The molecule has 2 aromatic rings. The fourth-order valence-corrected chi connectivity index (χ4v) is 5.25. The normalized spacial score (nSPS) is 20.7. The highest BCUT2D eigenvalue weighted by molar-refractivity contribution is 7.91. The van der Waals surface area contributed by atoms with Crippen LogP contribution in [-0.2, 0) is 14.6 Å². The number of aliphatic hydroxyl groups is 1. The van der Waals surface area contributed by atoms with E-state index in [0.29, 0.717) is 27.1 Å². The summed E-state index contributed by atoms with van der Waals surface area (Å²) < 4.78 is 23.9. The minimum atomic E-state index is -3.40. The third-order valence-corrected chi connectivity index (χ3v) is 6.70. The average Bonchev–Trinajstić information content (AvgIpc) is 2.89. The molecule has 0 bridgehead atoms. The van der Waals surface area contributed by atoms with Gasteiger partial charge in [0.1, 0.15) is 0 Å². The largest absolute Gasteiger partial charge is 0.399 e. The lowest BCUT2D eigenvalue weighted by Crippen LogP contribution is -2.47. The van der Waals surface area contributed by atoms with Crippen LogP contribution in [0.4, 0.5) is 17.1 Å². The van der Waals surface area contributed by atoms with Crippen LogP contribution in [0.15, 0.2) is 42.5 Å². The topological polar surface area (TPSA) is 113 Å². The highest BCUT2D eigenvalue weighted by Gasteiger charge is 2.40. The number of nitrogen functional groups attached to an aromatic ring is 1. The second-order valence-electron chi connectivity index (χ2n) is 6.60. The molecule has 4 N–H and O–H groups in total. The van der Waals surface area contributed by atoms with Crippen LogP contribution in [0.2, 0.25) is 10.0 Å². The van der Waals surface area contributed by atoms with Gasteiger partial charge in [-0.2, -0.15) is 0 Å². The van der Waals surface area contributed by atoms with Gasteiger partial charge in [-0.3, -0.25) is 4.79 Å². The summed E-state index contributed by atoms with van der Waals surface area (Å²) in [5.74, 6) is -1.02. The van der Waals surface area contributed by atoms with E-state index in [4.69, 9.17) is 28.9 Å². The second-order valence-corrected chi connectivity index (χ2v) is 9.60. The molecule has 0 spiro atoms. The summed E-state index contributed by atoms with van der Waals surface area (Å²) in [6.07, 6.45) is -1.11. The number of anilines is 3. The Morgan fingerprint density at radius 3 is 2.46 bits per heavy atom. The molecule has 10 heteroatoms. The molecule has 28 heavy (non-hydrogen) atoms. The van der Waals surface area contributed by atoms with Gasteiger partial charge in [0.15, 0.2) is 9.84 Å². The highest BCUT2D eigenvalue weighted by Crippen LogP contribution is 2.28. The number of nitrogens with one attached hydrogen (secondary N) is 1. The maximum Gasteiger partial charge on any atom is 0.243 e. The predicted molar refractivity (Wildman–Crippen MR) is 112 cm³/mol. The van der Waals surface area contributed by atoms with Crippen LogP contribution >= 0.6 is 23.2 Å². The molecule has 2 unspecified atom stereocenters. The van der Waals surface area contributed by atoms with Gasteiger partial charge in [0, 0.05) is 16.4 Å². The number of sulfone groups is 1. The summed E-state index contributed by atoms with van der Waals surface area (Å²) in [7, 11) is -3.40. The molecule has 1 aliphatic heterocycles. The van der Waals surface area contributed by atoms with Crippen molar-refractivity contribution in [3.05, 3.63) is 52.5 Å². The van der Waals surface area contributed by atoms with Gasteiger partial charge in [0.05, 0.1) is 40.9 Å². The number of rotatable bonds is 5. The Hall–Kier alpha value is -2.00. The molecule has 150 valence electrons. The SMILES string of the molecule is Nc1ccc(N(CC(=O)Nc2cc(Cl)ccc2Cl)C2CS(=O)(=O)CC2O)cc1. The molecule has 1 amide bonds. The number of halogens is 2. The van der Waals surface area contributed by atoms with Crippen LogP contribution in [0.3, 0.4) is 0 Å². The Morgan fingerprint density at radius 2 is 1.86 bits per heavy atom. The molecule has 1 heterocycles. The fraction of sp³-hybridized carbons (Fsp3) is 0.278. The zero-order chi connectivity index (χ0) is 20.5. The maximum absolute atomic E-state index is 12.6. The van der Waals surface area contributed by atoms with Crippen molar-refractivity contribution in [2.75, 3.05) is 34.0 Å². The molecule has 0 radical (unpaired) electrons. The summed E-state index contributed by atoms with van der Waals surface area (Å²) in [6.45, 7) is -0.190. The van der Waals surface area contributed by atoms with E-state index in [-0.39, 0.29) is 18.1 Å². The molecule has 1 aliphatic rings. The van der Waals surface area contributed by atoms with Crippen LogP contribution in [0.1, 0.15) is 0 Å². The number of nitrogens with two attached hydrogens (primary N) is 1. The van der Waals surface area contributed by atoms with Crippen molar-refractivity contribution < 1.29 is 18.3 Å². The van der Waals surface area contributed by atoms with E-state index < -0.39 is 27.9 Å². The first-order valence-electron chi connectivity index (χ1n) is 8.40. The summed E-state index contributed by atoms with van der Waals surface area (Å²) in [6, 6.07) is 10.6. The van der Waals surface area contributed by atoms with Crippen molar-refractivity contribution in [3.63, 3.8) is 0 Å². The average molecular weight is 444 g/mol. The van der Waals surface area contributed by atoms with Crippen LogP contribution in [0.5, 0.6) is 0 Å². The Bertz CT molecular complexity index is 983. The van der Waals surface area contributed by atoms with Gasteiger partial charge in [-0.25, -0.2) is 8.42 Å². The second kappa shape index (κ2) is 8.16. The molecule has 1 fully saturated rings. The summed E-state index contributed by atoms with van der Waals surface area (Å²) >= 11 is 12.0. The first-order chi connectivity index (χ1) is 13.1. The molecule has 2 aromatic carbocycles. The molecule has 1 saturated heterocycles. The molecule has 0 saturated carbocycles. The summed E-state index contributed by atoms with van der Waals surface area (Å²) in [4.78, 5) is 14.2. The van der Waals surface area contributed by atoms with Gasteiger partial charge in [-0.1, -0.05) is 23.2 Å². The van der Waals surface area contributed by atoms with Crippen molar-refractivity contribution >= 4 is 56.0 Å². The number of hydrogen-bond acceptors (Lipinski definition) is 6. The van der Waals surface area contributed by atoms with E-state index >= 15 is 0 Å². The number of aliphatic hydroxyl groups excluding tert-OH is 1. The van der Waals surface area contributed by atoms with Crippen LogP contribution in [0, 0.1) is 0 Å². The molecule has 2 atom stereocenters. The molecule has 0 aromatic heterocycles. The van der Waals surface area contributed by atoms with Crippen molar-refractivity contribution in [1.82, 2.24) is 0 Å². The van der Waals surface area contributed by atoms with E-state index in [1.54, 1.807) is 41.3 Å². The number of carbonyl (C=O) groups is 1. The first-order valence-corrected chi connectivity index (χ1v) is 11.0. The number of amides is 1. The monoisotopic (exact) mass is 443 g/mol. The number of nitrogens with zero attached hydrogens (tertiary/aromatic N) is 1. The van der Waals surface area contributed by atoms with Crippen molar-refractivity contribution in [1.29, 1.82) is 0 Å². The zero-order valence-corrected chi connectivity index (χ0v) is 17.0. The third kappa shape index (κ3) is 4.88. The van der Waals surface area contributed by atoms with Gasteiger partial charge in [0.2, 0.25) is 5.91 Å². The Labute approximate surface area is 173 Å². The van der Waals surface area contributed by atoms with Crippen LogP contribution in [0.25, 0.3) is 0 Å². The molecule has 7 nitrogen and oxygen atoms in total. The van der Waals surface area contributed by atoms with E-state index in [1.807, 2.05) is 0 Å². The lowest BCUT2D eigenvalue weighted by molar-refractivity contribution is -0.115. The van der Waals surface area contributed by atoms with E-state index in [9.17, 15) is 18.3 Å². The van der Waals surface area contributed by atoms with Crippen LogP contribution in [-0.4, -0.2) is 49.6 Å².